The number of likely N-dealkylation sites (tertiary alicyclic amines) is 1. The lowest BCUT2D eigenvalue weighted by Gasteiger charge is -2.45. The van der Waals surface area contributed by atoms with Gasteiger partial charge in [0, 0.05) is 18.8 Å². The Morgan fingerprint density at radius 3 is 2.09 bits per heavy atom. The van der Waals surface area contributed by atoms with E-state index in [9.17, 15) is 52.9 Å². The van der Waals surface area contributed by atoms with Gasteiger partial charge in [-0.2, -0.15) is 26.3 Å². The molecule has 2 aromatic rings. The number of benzene rings is 2. The molecule has 0 saturated carbocycles. The zero-order chi connectivity index (χ0) is 32.7. The zero-order valence-electron chi connectivity index (χ0n) is 23.1. The lowest BCUT2D eigenvalue weighted by Crippen LogP contribution is -2.56. The lowest BCUT2D eigenvalue weighted by molar-refractivity contribution is -0.348. The number of carbonyl (C=O) groups excluding carboxylic acids is 1. The predicted octanol–water partition coefficient (Wildman–Crippen LogP) is 6.21. The summed E-state index contributed by atoms with van der Waals surface area (Å²) in [4.78, 5) is 14.7. The van der Waals surface area contributed by atoms with Crippen LogP contribution in [0.2, 0.25) is 0 Å². The minimum Gasteiger partial charge on any atom is -0.337 e. The van der Waals surface area contributed by atoms with Crippen molar-refractivity contribution in [3.8, 4) is 0 Å². The second kappa shape index (κ2) is 10.2. The first-order valence-electron chi connectivity index (χ1n) is 13.2. The van der Waals surface area contributed by atoms with Gasteiger partial charge in [-0.1, -0.05) is 18.2 Å². The van der Waals surface area contributed by atoms with E-state index in [1.165, 1.54) is 18.5 Å². The summed E-state index contributed by atoms with van der Waals surface area (Å²) in [6.07, 6.45) is -13.6. The van der Waals surface area contributed by atoms with Gasteiger partial charge in [-0.05, 0) is 61.6 Å². The minimum absolute atomic E-state index is 0.191. The summed E-state index contributed by atoms with van der Waals surface area (Å²) < 4.78 is 159. The molecule has 2 atom stereocenters. The van der Waals surface area contributed by atoms with Crippen molar-refractivity contribution >= 4 is 23.3 Å². The van der Waals surface area contributed by atoms with Crippen molar-refractivity contribution in [2.24, 2.45) is 5.41 Å². The van der Waals surface area contributed by atoms with Crippen LogP contribution in [0.4, 0.5) is 35.1 Å². The second-order valence-corrected chi connectivity index (χ2v) is 15.8. The van der Waals surface area contributed by atoms with Crippen LogP contribution in [0.5, 0.6) is 0 Å². The number of amides is 1. The first-order chi connectivity index (χ1) is 20.1. The molecule has 0 spiro atoms. The molecule has 2 saturated heterocycles. The fraction of sp³-hybridized carbons (Fsp3) is 0.519. The summed E-state index contributed by atoms with van der Waals surface area (Å²) >= 11 is 0. The van der Waals surface area contributed by atoms with E-state index < -0.39 is 73.8 Å². The summed E-state index contributed by atoms with van der Waals surface area (Å²) in [7, 11) is -8.06. The van der Waals surface area contributed by atoms with Crippen molar-refractivity contribution in [3.63, 3.8) is 0 Å². The van der Waals surface area contributed by atoms with Crippen LogP contribution < -0.4 is 0 Å². The molecule has 1 aliphatic carbocycles. The molecule has 0 bridgehead atoms. The lowest BCUT2D eigenvalue weighted by atomic mass is 9.76. The van der Waals surface area contributed by atoms with Crippen LogP contribution in [-0.2, 0) is 45.1 Å². The molecule has 0 radical (unpaired) electrons. The average Bonchev–Trinajstić information content (AvgIpc) is 3.34. The maximum Gasteiger partial charge on any atom is 0.435 e. The molecule has 0 N–H and O–H groups in total. The maximum absolute atomic E-state index is 15.0. The third kappa shape index (κ3) is 4.78. The average molecular weight is 676 g/mol. The third-order valence-electron chi connectivity index (χ3n) is 8.68. The maximum atomic E-state index is 15.0. The number of rotatable bonds is 4. The second-order valence-electron chi connectivity index (χ2n) is 11.6. The summed E-state index contributed by atoms with van der Waals surface area (Å²) in [5, 5.41) is 0. The number of sulfone groups is 1. The molecular formula is C27H26F8NO6PS. The van der Waals surface area contributed by atoms with E-state index in [-0.39, 0.29) is 56.2 Å². The monoisotopic (exact) mass is 675 g/mol. The Kier molecular flexibility index (Phi) is 7.63. The molecular weight excluding hydrogens is 649 g/mol. The topological polar surface area (TPSA) is 90.0 Å². The highest BCUT2D eigenvalue weighted by molar-refractivity contribution is 7.92. The zero-order valence-corrected chi connectivity index (χ0v) is 24.8. The largest absolute Gasteiger partial charge is 0.435 e. The Labute approximate surface area is 247 Å². The predicted molar refractivity (Wildman–Crippen MR) is 139 cm³/mol. The van der Waals surface area contributed by atoms with Crippen LogP contribution in [-0.4, -0.2) is 64.0 Å². The van der Waals surface area contributed by atoms with Gasteiger partial charge >= 0.3 is 25.6 Å². The molecule has 0 unspecified atom stereocenters. The van der Waals surface area contributed by atoms with Gasteiger partial charge in [0.2, 0.25) is 5.91 Å². The van der Waals surface area contributed by atoms with Crippen LogP contribution in [0.3, 0.4) is 0 Å². The van der Waals surface area contributed by atoms with Gasteiger partial charge in [-0.3, -0.25) is 9.36 Å². The van der Waals surface area contributed by atoms with Crippen LogP contribution in [0.25, 0.3) is 0 Å². The number of halogens is 8. The van der Waals surface area contributed by atoms with E-state index >= 15 is 0 Å². The molecule has 5 rings (SSSR count). The van der Waals surface area contributed by atoms with E-state index in [2.05, 4.69) is 0 Å². The van der Waals surface area contributed by atoms with Crippen molar-refractivity contribution in [1.29, 1.82) is 0 Å². The molecule has 7 nitrogen and oxygen atoms in total. The van der Waals surface area contributed by atoms with Gasteiger partial charge in [0.1, 0.15) is 10.6 Å². The van der Waals surface area contributed by atoms with Gasteiger partial charge in [-0.15, -0.1) is 0 Å². The fourth-order valence-electron chi connectivity index (χ4n) is 6.37. The summed E-state index contributed by atoms with van der Waals surface area (Å²) in [5.41, 5.74) is -9.36. The number of hydrogen-bond donors (Lipinski definition) is 0. The van der Waals surface area contributed by atoms with Crippen LogP contribution >= 0.6 is 7.60 Å². The first kappa shape index (κ1) is 32.8. The molecule has 0 aromatic heterocycles. The van der Waals surface area contributed by atoms with Gasteiger partial charge in [0.05, 0.1) is 29.6 Å². The van der Waals surface area contributed by atoms with E-state index in [1.54, 1.807) is 0 Å². The van der Waals surface area contributed by atoms with E-state index in [0.717, 1.165) is 30.3 Å². The molecule has 2 aliphatic heterocycles. The Bertz CT molecular complexity index is 1620. The molecule has 3 aliphatic rings. The Morgan fingerprint density at radius 2 is 1.55 bits per heavy atom. The van der Waals surface area contributed by atoms with E-state index in [1.807, 2.05) is 0 Å². The number of hydrogen-bond acceptors (Lipinski definition) is 6. The normalized spacial score (nSPS) is 29.7. The number of carbonyl (C=O) groups is 1. The highest BCUT2D eigenvalue weighted by Crippen LogP contribution is 2.58. The third-order valence-corrected chi connectivity index (χ3v) is 12.4. The summed E-state index contributed by atoms with van der Waals surface area (Å²) in [6, 6.07) is 3.86. The SMILES string of the molecule is CC1(C(=O)N2CC[C@@]3(S(=O)(=O)c4ccc(F)cc4)c4ccc(C(F)(C(F)(F)F)C(F)(F)F)cc4CC[C@@H]23)COP(C)(=O)OC1. The number of alkyl halides is 7. The van der Waals surface area contributed by atoms with Crippen molar-refractivity contribution in [3.05, 3.63) is 65.0 Å². The Morgan fingerprint density at radius 1 is 0.977 bits per heavy atom. The molecule has 2 fully saturated rings. The number of fused-ring (bicyclic) bond motifs is 3. The van der Waals surface area contributed by atoms with Crippen molar-refractivity contribution in [2.75, 3.05) is 26.4 Å². The minimum atomic E-state index is -6.38. The van der Waals surface area contributed by atoms with Gasteiger partial charge < -0.3 is 13.9 Å². The van der Waals surface area contributed by atoms with Crippen molar-refractivity contribution < 1.29 is 61.9 Å². The van der Waals surface area contributed by atoms with Gasteiger partial charge in [-0.25, -0.2) is 17.2 Å². The molecule has 17 heteroatoms. The quantitative estimate of drug-likeness (QED) is 0.218. The van der Waals surface area contributed by atoms with Gasteiger partial charge in [0.15, 0.2) is 9.84 Å². The molecule has 242 valence electrons. The van der Waals surface area contributed by atoms with E-state index in [0.29, 0.717) is 6.07 Å². The molecule has 2 heterocycles. The standard InChI is InChI=1S/C27H26F8NO6PS/c1-23(14-41-43(2,38)42-15-23)22(37)36-12-11-24(44(39,40)19-7-5-18(28)6-8-19)20-9-4-17(13-16(20)3-10-21(24)36)25(29,26(30,31)32)27(33,34)35/h4-9,13,21H,3,10-12,14-15H2,1-2H3/t21-,23?,24-,43?/m1/s1. The van der Waals surface area contributed by atoms with E-state index in [4.69, 9.17) is 9.05 Å². The Balaban J connectivity index is 1.67. The highest BCUT2D eigenvalue weighted by atomic mass is 32.2. The fourth-order valence-corrected chi connectivity index (χ4v) is 9.85. The smallest absolute Gasteiger partial charge is 0.337 e. The summed E-state index contributed by atoms with van der Waals surface area (Å²) in [6.45, 7) is 1.81. The van der Waals surface area contributed by atoms with Crippen LogP contribution in [0.15, 0.2) is 47.4 Å². The summed E-state index contributed by atoms with van der Waals surface area (Å²) in [5.74, 6) is -1.40. The number of nitrogens with zero attached hydrogens (tertiary/aromatic N) is 1. The first-order valence-corrected chi connectivity index (χ1v) is 16.7. The van der Waals surface area contributed by atoms with Crippen LogP contribution in [0.1, 0.15) is 36.5 Å². The van der Waals surface area contributed by atoms with Crippen molar-refractivity contribution in [1.82, 2.24) is 4.90 Å². The number of aryl methyl sites for hydroxylation is 1. The molecule has 2 aromatic carbocycles. The van der Waals surface area contributed by atoms with Crippen molar-refractivity contribution in [2.45, 2.75) is 59.9 Å². The Hall–Kier alpha value is -2.55. The molecule has 1 amide bonds. The molecule has 44 heavy (non-hydrogen) atoms. The van der Waals surface area contributed by atoms with Gasteiger partial charge in [0.25, 0.3) is 0 Å². The van der Waals surface area contributed by atoms with Crippen LogP contribution in [0, 0.1) is 11.2 Å². The highest BCUT2D eigenvalue weighted by Gasteiger charge is 2.74.